The van der Waals surface area contributed by atoms with E-state index in [9.17, 15) is 35.1 Å². The van der Waals surface area contributed by atoms with E-state index in [-0.39, 0.29) is 5.92 Å². The second-order valence-electron chi connectivity index (χ2n) is 8.76. The third-order valence-corrected chi connectivity index (χ3v) is 5.46. The molecule has 32 heavy (non-hydrogen) atoms. The number of carboxylic acids is 1. The topological polar surface area (TPSA) is 187 Å². The number of hydrogen-bond acceptors (Lipinski definition) is 11. The van der Waals surface area contributed by atoms with Crippen molar-refractivity contribution in [1.82, 2.24) is 5.32 Å². The number of rotatable bonds is 8. The Kier molecular flexibility index (Phi) is 9.37. The predicted molar refractivity (Wildman–Crippen MR) is 105 cm³/mol. The summed E-state index contributed by atoms with van der Waals surface area (Å²) < 4.78 is 22.3. The van der Waals surface area contributed by atoms with Gasteiger partial charge in [0.1, 0.15) is 42.7 Å². The Morgan fingerprint density at radius 3 is 2.12 bits per heavy atom. The fourth-order valence-electron chi connectivity index (χ4n) is 4.02. The lowest BCUT2D eigenvalue weighted by Crippen LogP contribution is -2.69. The fourth-order valence-corrected chi connectivity index (χ4v) is 4.02. The van der Waals surface area contributed by atoms with Gasteiger partial charge in [-0.1, -0.05) is 13.8 Å². The number of carbonyl (C=O) groups is 2. The first kappa shape index (κ1) is 26.9. The smallest absolute Gasteiger partial charge is 0.217 e. The molecule has 0 aromatic rings. The quantitative estimate of drug-likeness (QED) is 0.241. The van der Waals surface area contributed by atoms with Crippen molar-refractivity contribution in [3.8, 4) is 0 Å². The van der Waals surface area contributed by atoms with Crippen LogP contribution in [-0.2, 0) is 28.5 Å². The summed E-state index contributed by atoms with van der Waals surface area (Å²) in [6, 6.07) is -0.927. The van der Waals surface area contributed by atoms with Crippen LogP contribution in [0.1, 0.15) is 34.6 Å². The number of amides is 1. The molecule has 10 atom stereocenters. The van der Waals surface area contributed by atoms with Gasteiger partial charge in [-0.3, -0.25) is 4.79 Å². The van der Waals surface area contributed by atoms with Crippen molar-refractivity contribution >= 4 is 11.9 Å². The van der Waals surface area contributed by atoms with Crippen LogP contribution in [0, 0.1) is 5.92 Å². The van der Waals surface area contributed by atoms with Crippen LogP contribution in [0.4, 0.5) is 0 Å². The van der Waals surface area contributed by atoms with Crippen molar-refractivity contribution in [2.45, 2.75) is 102 Å². The van der Waals surface area contributed by atoms with E-state index in [1.54, 1.807) is 27.7 Å². The van der Waals surface area contributed by atoms with E-state index in [2.05, 4.69) is 5.32 Å². The number of carboxylic acid groups (broad SMARTS) is 1. The summed E-state index contributed by atoms with van der Waals surface area (Å²) in [6.45, 7) is 7.54. The van der Waals surface area contributed by atoms with Gasteiger partial charge < -0.3 is 54.6 Å². The molecular formula is C20H34NO11-. The molecule has 0 aromatic heterocycles. The van der Waals surface area contributed by atoms with Crippen molar-refractivity contribution in [2.75, 3.05) is 6.61 Å². The second kappa shape index (κ2) is 11.2. The average molecular weight is 464 g/mol. The van der Waals surface area contributed by atoms with Crippen LogP contribution in [-0.4, -0.2) is 106 Å². The Hall–Kier alpha value is -1.38. The third-order valence-electron chi connectivity index (χ3n) is 5.46. The first-order valence-electron chi connectivity index (χ1n) is 10.6. The van der Waals surface area contributed by atoms with Crippen molar-refractivity contribution < 1.29 is 54.1 Å². The van der Waals surface area contributed by atoms with Crippen LogP contribution < -0.4 is 10.4 Å². The molecule has 186 valence electrons. The molecule has 0 bridgehead atoms. The van der Waals surface area contributed by atoms with Gasteiger partial charge in [-0.25, -0.2) is 0 Å². The maximum Gasteiger partial charge on any atom is 0.217 e. The zero-order valence-corrected chi connectivity index (χ0v) is 18.8. The molecule has 2 aliphatic heterocycles. The van der Waals surface area contributed by atoms with Crippen molar-refractivity contribution in [3.63, 3.8) is 0 Å². The highest BCUT2D eigenvalue weighted by Crippen LogP contribution is 2.32. The van der Waals surface area contributed by atoms with Gasteiger partial charge in [-0.15, -0.1) is 0 Å². The minimum absolute atomic E-state index is 0.179. The van der Waals surface area contributed by atoms with Crippen molar-refractivity contribution in [2.24, 2.45) is 5.92 Å². The molecule has 10 unspecified atom stereocenters. The predicted octanol–water partition coefficient (Wildman–Crippen LogP) is -3.36. The number of hydrogen-bond donors (Lipinski definition) is 5. The molecule has 0 spiro atoms. The zero-order valence-electron chi connectivity index (χ0n) is 18.8. The summed E-state index contributed by atoms with van der Waals surface area (Å²) in [4.78, 5) is 23.4. The summed E-state index contributed by atoms with van der Waals surface area (Å²) >= 11 is 0. The van der Waals surface area contributed by atoms with Crippen LogP contribution >= 0.6 is 0 Å². The van der Waals surface area contributed by atoms with Crippen LogP contribution in [0.2, 0.25) is 0 Å². The molecule has 2 rings (SSSR count). The summed E-state index contributed by atoms with van der Waals surface area (Å²) in [5, 5.41) is 55.7. The van der Waals surface area contributed by atoms with Gasteiger partial charge in [0, 0.05) is 6.92 Å². The van der Waals surface area contributed by atoms with Gasteiger partial charge in [0.15, 0.2) is 6.29 Å². The standard InChI is InChI=1S/C20H35NO11/c1-7(2)15-11(21-9(5)23)16(12(24)10(6-22)30-15)31-20-14(26)13(25)17(29-8(3)4)18(32-20)19(27)28/h7-8,10-18,20,22,24-26H,6H2,1-5H3,(H,21,23)(H,27,28)/p-1. The third kappa shape index (κ3) is 5.94. The summed E-state index contributed by atoms with van der Waals surface area (Å²) in [5.74, 6) is -2.31. The molecule has 12 nitrogen and oxygen atoms in total. The highest BCUT2D eigenvalue weighted by molar-refractivity contribution is 5.73. The van der Waals surface area contributed by atoms with E-state index >= 15 is 0 Å². The maximum absolute atomic E-state index is 11.8. The van der Waals surface area contributed by atoms with Crippen LogP contribution in [0.15, 0.2) is 0 Å². The van der Waals surface area contributed by atoms with E-state index in [4.69, 9.17) is 18.9 Å². The second-order valence-corrected chi connectivity index (χ2v) is 8.76. The lowest BCUT2D eigenvalue weighted by atomic mass is 9.87. The van der Waals surface area contributed by atoms with E-state index in [0.717, 1.165) is 0 Å². The van der Waals surface area contributed by atoms with Crippen molar-refractivity contribution in [1.29, 1.82) is 0 Å². The number of ether oxygens (including phenoxy) is 4. The molecule has 2 saturated heterocycles. The number of aliphatic carboxylic acids is 1. The van der Waals surface area contributed by atoms with Gasteiger partial charge >= 0.3 is 0 Å². The first-order chi connectivity index (χ1) is 14.9. The van der Waals surface area contributed by atoms with Crippen LogP contribution in [0.5, 0.6) is 0 Å². The molecule has 12 heteroatoms. The van der Waals surface area contributed by atoms with Crippen LogP contribution in [0.25, 0.3) is 0 Å². The largest absolute Gasteiger partial charge is 0.547 e. The van der Waals surface area contributed by atoms with Crippen LogP contribution in [0.3, 0.4) is 0 Å². The number of carbonyl (C=O) groups excluding carboxylic acids is 2. The number of aliphatic hydroxyl groups excluding tert-OH is 4. The Bertz CT molecular complexity index is 645. The van der Waals surface area contributed by atoms with E-state index in [1.165, 1.54) is 6.92 Å². The molecule has 0 aliphatic carbocycles. The van der Waals surface area contributed by atoms with E-state index in [0.29, 0.717) is 0 Å². The Balaban J connectivity index is 2.34. The molecule has 5 N–H and O–H groups in total. The Labute approximate surface area is 186 Å². The summed E-state index contributed by atoms with van der Waals surface area (Å²) in [7, 11) is 0. The monoisotopic (exact) mass is 464 g/mol. The normalized spacial score (nSPS) is 40.5. The molecule has 2 fully saturated rings. The highest BCUT2D eigenvalue weighted by Gasteiger charge is 2.52. The minimum atomic E-state index is -1.77. The van der Waals surface area contributed by atoms with Gasteiger partial charge in [0.05, 0.1) is 30.8 Å². The maximum atomic E-state index is 11.8. The summed E-state index contributed by atoms with van der Waals surface area (Å²) in [5.41, 5.74) is 0. The van der Waals surface area contributed by atoms with Crippen molar-refractivity contribution in [3.05, 3.63) is 0 Å². The molecule has 0 saturated carbocycles. The lowest BCUT2D eigenvalue weighted by Gasteiger charge is -2.49. The molecule has 0 radical (unpaired) electrons. The van der Waals surface area contributed by atoms with Gasteiger partial charge in [0.25, 0.3) is 0 Å². The first-order valence-corrected chi connectivity index (χ1v) is 10.6. The van der Waals surface area contributed by atoms with Gasteiger partial charge in [-0.2, -0.15) is 0 Å². The highest BCUT2D eigenvalue weighted by atomic mass is 16.7. The molecule has 0 aromatic carbocycles. The van der Waals surface area contributed by atoms with Gasteiger partial charge in [-0.05, 0) is 19.8 Å². The zero-order chi connectivity index (χ0) is 24.3. The van der Waals surface area contributed by atoms with E-state index in [1.807, 2.05) is 0 Å². The fraction of sp³-hybridized carbons (Fsp3) is 0.900. The van der Waals surface area contributed by atoms with Gasteiger partial charge in [0.2, 0.25) is 5.91 Å². The molecule has 1 amide bonds. The molecule has 2 aliphatic rings. The van der Waals surface area contributed by atoms with E-state index < -0.39 is 85.8 Å². The SMILES string of the molecule is CC(=O)NC1C(C(C)C)OC(CO)C(O)C1OC1OC(C(=O)[O-])C(OC(C)C)C(O)C1O. The minimum Gasteiger partial charge on any atom is -0.547 e. The molecule has 2 heterocycles. The lowest BCUT2D eigenvalue weighted by molar-refractivity contribution is -0.364. The Morgan fingerprint density at radius 1 is 1.03 bits per heavy atom. The Morgan fingerprint density at radius 2 is 1.66 bits per heavy atom. The number of nitrogens with one attached hydrogen (secondary N) is 1. The summed E-state index contributed by atoms with van der Waals surface area (Å²) in [6.07, 6.45) is -13.3. The molecular weight excluding hydrogens is 430 g/mol. The average Bonchev–Trinajstić information content (AvgIpc) is 2.68. The number of aliphatic hydroxyl groups is 4.